The molecule has 5 aliphatic rings. The summed E-state index contributed by atoms with van der Waals surface area (Å²) in [5.41, 5.74) is 20.0. The molecule has 1 aromatic heterocycles. The highest BCUT2D eigenvalue weighted by atomic mass is 32.1. The van der Waals surface area contributed by atoms with Crippen molar-refractivity contribution < 1.29 is 0 Å². The predicted octanol–water partition coefficient (Wildman–Crippen LogP) is 13.8. The van der Waals surface area contributed by atoms with Gasteiger partial charge < -0.3 is 9.80 Å². The van der Waals surface area contributed by atoms with Gasteiger partial charge in [-0.15, -0.1) is 11.3 Å². The molecule has 0 bridgehead atoms. The van der Waals surface area contributed by atoms with Crippen LogP contribution in [0.5, 0.6) is 0 Å². The van der Waals surface area contributed by atoms with Crippen LogP contribution in [0.25, 0.3) is 21.2 Å². The topological polar surface area (TPSA) is 6.48 Å². The van der Waals surface area contributed by atoms with Crippen LogP contribution in [0, 0.1) is 11.3 Å². The van der Waals surface area contributed by atoms with Crippen LogP contribution in [0.2, 0.25) is 0 Å². The Morgan fingerprint density at radius 3 is 2.17 bits per heavy atom. The summed E-state index contributed by atoms with van der Waals surface area (Å²) in [6.45, 7) is 28.6. The van der Waals surface area contributed by atoms with Crippen LogP contribution in [0.4, 0.5) is 17.1 Å². The van der Waals surface area contributed by atoms with Gasteiger partial charge in [0.15, 0.2) is 0 Å². The number of hydrogen-bond acceptors (Lipinski definition) is 3. The summed E-state index contributed by atoms with van der Waals surface area (Å²) in [6, 6.07) is 31.6. The second-order valence-electron chi connectivity index (χ2n) is 21.8. The van der Waals surface area contributed by atoms with Crippen LogP contribution in [0.15, 0.2) is 126 Å². The van der Waals surface area contributed by atoms with Gasteiger partial charge in [-0.3, -0.25) is 0 Å². The maximum absolute atomic E-state index is 2.80. The molecule has 59 heavy (non-hydrogen) atoms. The first-order chi connectivity index (χ1) is 27.9. The Hall–Kier alpha value is -4.54. The molecule has 0 saturated heterocycles. The first-order valence-corrected chi connectivity index (χ1v) is 23.0. The highest BCUT2D eigenvalue weighted by molar-refractivity contribution is 7.32. The second-order valence-corrected chi connectivity index (χ2v) is 22.8. The normalized spacial score (nSPS) is 20.6. The number of nitrogens with zero attached hydrogens (tertiary/aromatic N) is 2. The number of hydrogen-bond donors (Lipinski definition) is 0. The average molecular weight is 793 g/mol. The molecule has 2 unspecified atom stereocenters. The lowest BCUT2D eigenvalue weighted by Gasteiger charge is -2.50. The lowest BCUT2D eigenvalue weighted by molar-refractivity contribution is 0.293. The molecule has 5 aromatic rings. The lowest BCUT2D eigenvalue weighted by Crippen LogP contribution is -2.61. The van der Waals surface area contributed by atoms with E-state index in [9.17, 15) is 0 Å². The molecular formula is C55H61BN2S. The van der Waals surface area contributed by atoms with Gasteiger partial charge in [0.25, 0.3) is 6.71 Å². The SMILES string of the molecule is CCC1=CC2=C3B(c4cc(C(C)(C)C)ccc4N2C2=CCC(C(C)(C)C)C=C2)c2sc4cc5c(cc4c2N(c2ccc(C(C)(C)C)cc2)C3C1)-c1ccccc1C5(C)C. The second kappa shape index (κ2) is 13.0. The molecule has 0 amide bonds. The monoisotopic (exact) mass is 792 g/mol. The molecular weight excluding hydrogens is 731 g/mol. The van der Waals surface area contributed by atoms with Crippen LogP contribution >= 0.6 is 11.3 Å². The number of thiophene rings is 1. The molecule has 4 aromatic carbocycles. The van der Waals surface area contributed by atoms with Crippen LogP contribution in [0.1, 0.15) is 125 Å². The Bertz CT molecular complexity index is 2690. The predicted molar refractivity (Wildman–Crippen MR) is 258 cm³/mol. The number of rotatable bonds is 3. The molecule has 0 spiro atoms. The van der Waals surface area contributed by atoms with Crippen molar-refractivity contribution in [2.24, 2.45) is 11.3 Å². The molecule has 0 N–H and O–H groups in total. The first-order valence-electron chi connectivity index (χ1n) is 22.2. The number of fused-ring (bicyclic) bond motifs is 9. The third-order valence-electron chi connectivity index (χ3n) is 14.6. The smallest absolute Gasteiger partial charge is 0.259 e. The van der Waals surface area contributed by atoms with E-state index in [2.05, 4.69) is 207 Å². The van der Waals surface area contributed by atoms with Crippen molar-refractivity contribution in [2.75, 3.05) is 9.80 Å². The van der Waals surface area contributed by atoms with Gasteiger partial charge in [-0.2, -0.15) is 0 Å². The molecule has 3 heterocycles. The fraction of sp³-hybridized carbons (Fsp3) is 0.382. The third kappa shape index (κ3) is 5.86. The fourth-order valence-corrected chi connectivity index (χ4v) is 12.3. The highest BCUT2D eigenvalue weighted by Gasteiger charge is 2.51. The number of benzene rings is 4. The quantitative estimate of drug-likeness (QED) is 0.168. The summed E-state index contributed by atoms with van der Waals surface area (Å²) in [5.74, 6) is 0.519. The van der Waals surface area contributed by atoms with Crippen LogP contribution < -0.4 is 20.0 Å². The lowest BCUT2D eigenvalue weighted by atomic mass is 9.33. The van der Waals surface area contributed by atoms with Crippen LogP contribution in [-0.4, -0.2) is 12.8 Å². The van der Waals surface area contributed by atoms with E-state index in [-0.39, 0.29) is 34.4 Å². The zero-order valence-corrected chi connectivity index (χ0v) is 38.3. The van der Waals surface area contributed by atoms with E-state index in [4.69, 9.17) is 0 Å². The van der Waals surface area contributed by atoms with Gasteiger partial charge in [0.1, 0.15) is 0 Å². The average Bonchev–Trinajstić information content (AvgIpc) is 3.67. The Morgan fingerprint density at radius 1 is 0.797 bits per heavy atom. The molecule has 300 valence electrons. The van der Waals surface area contributed by atoms with Gasteiger partial charge in [0, 0.05) is 43.0 Å². The number of allylic oxidation sites excluding steroid dienone is 4. The molecule has 3 aliphatic carbocycles. The Kier molecular flexibility index (Phi) is 8.51. The van der Waals surface area contributed by atoms with Crippen LogP contribution in [0.3, 0.4) is 0 Å². The number of anilines is 3. The van der Waals surface area contributed by atoms with Crippen molar-refractivity contribution >= 4 is 55.4 Å². The first kappa shape index (κ1) is 38.7. The van der Waals surface area contributed by atoms with Crippen molar-refractivity contribution in [1.29, 1.82) is 0 Å². The standard InChI is InChI=1S/C55H61BN2S/c1-13-33-28-46-49-47(29-33)58(38-25-20-35(21-26-38)53(5,6)7)50-41-31-40-39-16-14-15-17-42(39)55(11,12)43(40)32-48(41)59-51(50)56(49)44-30-36(54(8,9)10)22-27-45(44)57(46)37-23-18-34(19-24-37)52(2,3)4/h14-18,20-28,30-32,34,47H,13,19,29H2,1-12H3. The summed E-state index contributed by atoms with van der Waals surface area (Å²) >= 11 is 2.06. The summed E-state index contributed by atoms with van der Waals surface area (Å²) in [7, 11) is 0. The zero-order chi connectivity index (χ0) is 41.6. The highest BCUT2D eigenvalue weighted by Crippen LogP contribution is 2.55. The minimum absolute atomic E-state index is 0.0258. The Labute approximate surface area is 358 Å². The Morgan fingerprint density at radius 2 is 1.51 bits per heavy atom. The van der Waals surface area contributed by atoms with E-state index >= 15 is 0 Å². The zero-order valence-electron chi connectivity index (χ0n) is 37.5. The van der Waals surface area contributed by atoms with E-state index in [0.717, 1.165) is 19.3 Å². The summed E-state index contributed by atoms with van der Waals surface area (Å²) in [6.07, 6.45) is 13.2. The van der Waals surface area contributed by atoms with Gasteiger partial charge in [0.2, 0.25) is 0 Å². The van der Waals surface area contributed by atoms with Crippen LogP contribution in [-0.2, 0) is 16.2 Å². The van der Waals surface area contributed by atoms with Crippen molar-refractivity contribution in [1.82, 2.24) is 0 Å². The minimum atomic E-state index is -0.0521. The van der Waals surface area contributed by atoms with E-state index in [1.165, 1.54) is 87.7 Å². The summed E-state index contributed by atoms with van der Waals surface area (Å²) in [5, 5.41) is 1.39. The van der Waals surface area contributed by atoms with Gasteiger partial charge in [0.05, 0.1) is 11.7 Å². The maximum atomic E-state index is 2.80. The molecule has 0 saturated carbocycles. The molecule has 2 nitrogen and oxygen atoms in total. The maximum Gasteiger partial charge on any atom is 0.259 e. The van der Waals surface area contributed by atoms with E-state index in [1.54, 1.807) is 5.47 Å². The molecule has 0 radical (unpaired) electrons. The Balaban J connectivity index is 1.29. The minimum Gasteiger partial charge on any atom is -0.334 e. The third-order valence-corrected chi connectivity index (χ3v) is 15.8. The fourth-order valence-electron chi connectivity index (χ4n) is 10.9. The summed E-state index contributed by atoms with van der Waals surface area (Å²) < 4.78 is 2.89. The molecule has 2 aliphatic heterocycles. The molecule has 10 rings (SSSR count). The van der Waals surface area contributed by atoms with E-state index < -0.39 is 0 Å². The van der Waals surface area contributed by atoms with Gasteiger partial charge in [-0.1, -0.05) is 149 Å². The van der Waals surface area contributed by atoms with Crippen molar-refractivity contribution in [3.63, 3.8) is 0 Å². The summed E-state index contributed by atoms with van der Waals surface area (Å²) in [4.78, 5) is 5.46. The van der Waals surface area contributed by atoms with Crippen molar-refractivity contribution in [2.45, 2.75) is 125 Å². The van der Waals surface area contributed by atoms with Gasteiger partial charge >= 0.3 is 0 Å². The molecule has 2 atom stereocenters. The van der Waals surface area contributed by atoms with E-state index in [0.29, 0.717) is 5.92 Å². The van der Waals surface area contributed by atoms with Gasteiger partial charge in [-0.05, 0) is 128 Å². The van der Waals surface area contributed by atoms with Gasteiger partial charge in [-0.25, -0.2) is 0 Å². The van der Waals surface area contributed by atoms with Crippen molar-refractivity contribution in [3.05, 3.63) is 148 Å². The van der Waals surface area contributed by atoms with Crippen molar-refractivity contribution in [3.8, 4) is 11.1 Å². The molecule has 4 heteroatoms. The molecule has 0 fully saturated rings. The van der Waals surface area contributed by atoms with E-state index in [1.807, 2.05) is 0 Å². The largest absolute Gasteiger partial charge is 0.334 e.